The van der Waals surface area contributed by atoms with E-state index in [9.17, 15) is 0 Å². The maximum Gasteiger partial charge on any atom is 0.113 e. The number of imidazole rings is 1. The van der Waals surface area contributed by atoms with Gasteiger partial charge in [-0.1, -0.05) is 31.5 Å². The second-order valence-corrected chi connectivity index (χ2v) is 5.55. The van der Waals surface area contributed by atoms with Gasteiger partial charge in [-0.15, -0.1) is 0 Å². The molecule has 1 heterocycles. The molecule has 1 atom stereocenters. The molecule has 1 unspecified atom stereocenters. The van der Waals surface area contributed by atoms with E-state index < -0.39 is 0 Å². The molecule has 1 aromatic carbocycles. The SMILES string of the molecule is CCCc1nccn1-c1cc(Cl)ccc1CC(N)CC. The van der Waals surface area contributed by atoms with E-state index in [1.165, 1.54) is 5.56 Å². The number of aromatic nitrogens is 2. The van der Waals surface area contributed by atoms with Gasteiger partial charge in [-0.05, 0) is 37.0 Å². The third-order valence-corrected chi connectivity index (χ3v) is 3.74. The average Bonchev–Trinajstić information content (AvgIpc) is 2.89. The van der Waals surface area contributed by atoms with Gasteiger partial charge < -0.3 is 10.3 Å². The third-order valence-electron chi connectivity index (χ3n) is 3.50. The Morgan fingerprint density at radius 2 is 2.15 bits per heavy atom. The summed E-state index contributed by atoms with van der Waals surface area (Å²) in [5, 5.41) is 0.741. The van der Waals surface area contributed by atoms with E-state index in [-0.39, 0.29) is 6.04 Å². The summed E-state index contributed by atoms with van der Waals surface area (Å²) >= 11 is 6.17. The zero-order chi connectivity index (χ0) is 14.5. The summed E-state index contributed by atoms with van der Waals surface area (Å²) < 4.78 is 2.13. The molecule has 2 N–H and O–H groups in total. The van der Waals surface area contributed by atoms with Gasteiger partial charge >= 0.3 is 0 Å². The quantitative estimate of drug-likeness (QED) is 0.881. The minimum Gasteiger partial charge on any atom is -0.327 e. The third kappa shape index (κ3) is 3.41. The number of hydrogen-bond acceptors (Lipinski definition) is 2. The number of nitrogens with two attached hydrogens (primary N) is 1. The molecule has 0 radical (unpaired) electrons. The molecule has 0 fully saturated rings. The smallest absolute Gasteiger partial charge is 0.113 e. The number of rotatable bonds is 6. The summed E-state index contributed by atoms with van der Waals surface area (Å²) in [6, 6.07) is 6.18. The highest BCUT2D eigenvalue weighted by molar-refractivity contribution is 6.30. The Balaban J connectivity index is 2.42. The van der Waals surface area contributed by atoms with Crippen molar-refractivity contribution < 1.29 is 0 Å². The van der Waals surface area contributed by atoms with Crippen LogP contribution >= 0.6 is 11.6 Å². The molecule has 0 amide bonds. The minimum absolute atomic E-state index is 0.174. The first-order chi connectivity index (χ1) is 9.65. The lowest BCUT2D eigenvalue weighted by Gasteiger charge is -2.16. The summed E-state index contributed by atoms with van der Waals surface area (Å²) in [5.74, 6) is 1.07. The van der Waals surface area contributed by atoms with Crippen LogP contribution in [0, 0.1) is 0 Å². The fourth-order valence-electron chi connectivity index (χ4n) is 2.32. The number of benzene rings is 1. The van der Waals surface area contributed by atoms with Crippen LogP contribution < -0.4 is 5.73 Å². The summed E-state index contributed by atoms with van der Waals surface area (Å²) in [4.78, 5) is 4.44. The van der Waals surface area contributed by atoms with Crippen molar-refractivity contribution in [2.75, 3.05) is 0 Å². The molecule has 4 heteroatoms. The van der Waals surface area contributed by atoms with Gasteiger partial charge in [-0.25, -0.2) is 4.98 Å². The van der Waals surface area contributed by atoms with Gasteiger partial charge in [-0.3, -0.25) is 0 Å². The molecule has 2 aromatic rings. The van der Waals surface area contributed by atoms with Crippen molar-refractivity contribution in [3.63, 3.8) is 0 Å². The molecule has 2 rings (SSSR count). The Morgan fingerprint density at radius 3 is 2.85 bits per heavy atom. The van der Waals surface area contributed by atoms with Gasteiger partial charge in [0.15, 0.2) is 0 Å². The predicted octanol–water partition coefficient (Wildman–Crippen LogP) is 3.76. The van der Waals surface area contributed by atoms with Gasteiger partial charge in [0.2, 0.25) is 0 Å². The molecule has 0 aliphatic rings. The molecule has 3 nitrogen and oxygen atoms in total. The maximum absolute atomic E-state index is 6.17. The molecule has 0 spiro atoms. The highest BCUT2D eigenvalue weighted by Gasteiger charge is 2.12. The van der Waals surface area contributed by atoms with E-state index in [0.29, 0.717) is 0 Å². The first kappa shape index (κ1) is 15.1. The van der Waals surface area contributed by atoms with Crippen molar-refractivity contribution in [2.24, 2.45) is 5.73 Å². The van der Waals surface area contributed by atoms with E-state index in [2.05, 4.69) is 29.5 Å². The summed E-state index contributed by atoms with van der Waals surface area (Å²) in [7, 11) is 0. The van der Waals surface area contributed by atoms with Gasteiger partial charge in [0.1, 0.15) is 5.82 Å². The van der Waals surface area contributed by atoms with E-state index in [1.807, 2.05) is 24.5 Å². The predicted molar refractivity (Wildman–Crippen MR) is 84.5 cm³/mol. The number of nitrogens with zero attached hydrogens (tertiary/aromatic N) is 2. The largest absolute Gasteiger partial charge is 0.327 e. The van der Waals surface area contributed by atoms with Crippen LogP contribution in [0.1, 0.15) is 38.1 Å². The lowest BCUT2D eigenvalue weighted by Crippen LogP contribution is -2.22. The molecule has 0 bridgehead atoms. The van der Waals surface area contributed by atoms with E-state index in [1.54, 1.807) is 0 Å². The van der Waals surface area contributed by atoms with E-state index in [0.717, 1.165) is 42.2 Å². The van der Waals surface area contributed by atoms with Crippen molar-refractivity contribution in [1.82, 2.24) is 9.55 Å². The number of hydrogen-bond donors (Lipinski definition) is 1. The Labute approximate surface area is 125 Å². The van der Waals surface area contributed by atoms with E-state index >= 15 is 0 Å². The molecule has 0 aliphatic carbocycles. The Morgan fingerprint density at radius 1 is 1.35 bits per heavy atom. The van der Waals surface area contributed by atoms with Crippen LogP contribution in [0.5, 0.6) is 0 Å². The molecule has 108 valence electrons. The molecule has 20 heavy (non-hydrogen) atoms. The van der Waals surface area contributed by atoms with Gasteiger partial charge in [0.05, 0.1) is 5.69 Å². The van der Waals surface area contributed by atoms with Crippen LogP contribution in [-0.2, 0) is 12.8 Å². The standard InChI is InChI=1S/C16H22ClN3/c1-3-5-16-19-8-9-20(16)15-11-13(17)7-6-12(15)10-14(18)4-2/h6-9,11,14H,3-5,10,18H2,1-2H3. The number of aryl methyl sites for hydroxylation is 1. The maximum atomic E-state index is 6.17. The zero-order valence-corrected chi connectivity index (χ0v) is 12.9. The second-order valence-electron chi connectivity index (χ2n) is 5.11. The highest BCUT2D eigenvalue weighted by atomic mass is 35.5. The first-order valence-corrected chi connectivity index (χ1v) is 7.60. The zero-order valence-electron chi connectivity index (χ0n) is 12.1. The Hall–Kier alpha value is -1.32. The summed E-state index contributed by atoms with van der Waals surface area (Å²) in [6.45, 7) is 4.27. The van der Waals surface area contributed by atoms with Crippen molar-refractivity contribution in [1.29, 1.82) is 0 Å². The molecule has 1 aromatic heterocycles. The molecule has 0 aliphatic heterocycles. The van der Waals surface area contributed by atoms with Crippen molar-refractivity contribution >= 4 is 11.6 Å². The Kier molecular flexibility index (Phi) is 5.21. The normalized spacial score (nSPS) is 12.6. The average molecular weight is 292 g/mol. The summed E-state index contributed by atoms with van der Waals surface area (Å²) in [5.41, 5.74) is 8.42. The fraction of sp³-hybridized carbons (Fsp3) is 0.438. The fourth-order valence-corrected chi connectivity index (χ4v) is 2.49. The topological polar surface area (TPSA) is 43.8 Å². The first-order valence-electron chi connectivity index (χ1n) is 7.22. The van der Waals surface area contributed by atoms with Crippen LogP contribution in [-0.4, -0.2) is 15.6 Å². The second kappa shape index (κ2) is 6.91. The van der Waals surface area contributed by atoms with Crippen molar-refractivity contribution in [2.45, 2.75) is 45.6 Å². The molecule has 0 saturated heterocycles. The van der Waals surface area contributed by atoms with E-state index in [4.69, 9.17) is 17.3 Å². The van der Waals surface area contributed by atoms with Gasteiger partial charge in [-0.2, -0.15) is 0 Å². The lowest BCUT2D eigenvalue weighted by molar-refractivity contribution is 0.643. The molecular weight excluding hydrogens is 270 g/mol. The van der Waals surface area contributed by atoms with Crippen LogP contribution in [0.3, 0.4) is 0 Å². The Bertz CT molecular complexity index is 563. The summed E-state index contributed by atoms with van der Waals surface area (Å²) in [6.07, 6.45) is 7.69. The van der Waals surface area contributed by atoms with Crippen LogP contribution in [0.4, 0.5) is 0 Å². The van der Waals surface area contributed by atoms with Crippen LogP contribution in [0.15, 0.2) is 30.6 Å². The molecule has 0 saturated carbocycles. The van der Waals surface area contributed by atoms with Crippen LogP contribution in [0.25, 0.3) is 5.69 Å². The van der Waals surface area contributed by atoms with Crippen molar-refractivity contribution in [3.8, 4) is 5.69 Å². The highest BCUT2D eigenvalue weighted by Crippen LogP contribution is 2.23. The molecular formula is C16H22ClN3. The lowest BCUT2D eigenvalue weighted by atomic mass is 10.0. The van der Waals surface area contributed by atoms with Gasteiger partial charge in [0, 0.05) is 29.9 Å². The van der Waals surface area contributed by atoms with Crippen LogP contribution in [0.2, 0.25) is 5.02 Å². The monoisotopic (exact) mass is 291 g/mol. The minimum atomic E-state index is 0.174. The van der Waals surface area contributed by atoms with Crippen molar-refractivity contribution in [3.05, 3.63) is 47.0 Å². The number of halogens is 1. The van der Waals surface area contributed by atoms with Gasteiger partial charge in [0.25, 0.3) is 0 Å².